The molecule has 0 spiro atoms. The first-order valence-electron chi connectivity index (χ1n) is 8.66. The molecule has 3 N–H and O–H groups in total. The molecule has 0 unspecified atom stereocenters. The topological polar surface area (TPSA) is 87.2 Å². The number of aliphatic imine (C=N–C) groups is 1. The number of H-pyrrole nitrogens is 1. The number of aromatic amines is 1. The number of nitrogens with one attached hydrogen (secondary N) is 3. The first-order valence-corrected chi connectivity index (χ1v) is 8.66. The molecular formula is C18H29IN6O. The lowest BCUT2D eigenvalue weighted by Crippen LogP contribution is -2.38. The molecule has 0 saturated carbocycles. The van der Waals surface area contributed by atoms with E-state index in [1.807, 2.05) is 12.1 Å². The van der Waals surface area contributed by atoms with Crippen LogP contribution in [0.15, 0.2) is 35.6 Å². The third kappa shape index (κ3) is 8.13. The number of ether oxygens (including phenoxy) is 1. The van der Waals surface area contributed by atoms with E-state index in [-0.39, 0.29) is 24.0 Å². The quantitative estimate of drug-likeness (QED) is 0.226. The van der Waals surface area contributed by atoms with Crippen molar-refractivity contribution in [2.24, 2.45) is 10.9 Å². The van der Waals surface area contributed by atoms with Gasteiger partial charge in [-0.15, -0.1) is 24.0 Å². The third-order valence-corrected chi connectivity index (χ3v) is 3.68. The maximum absolute atomic E-state index is 5.60. The van der Waals surface area contributed by atoms with Crippen LogP contribution in [0.25, 0.3) is 11.4 Å². The minimum absolute atomic E-state index is 0. The summed E-state index contributed by atoms with van der Waals surface area (Å²) < 4.78 is 5.60. The van der Waals surface area contributed by atoms with Crippen molar-refractivity contribution in [2.45, 2.75) is 26.8 Å². The Balaban J connectivity index is 0.00000338. The molecule has 144 valence electrons. The van der Waals surface area contributed by atoms with Crippen LogP contribution in [0.2, 0.25) is 0 Å². The Bertz CT molecular complexity index is 645. The predicted molar refractivity (Wildman–Crippen MR) is 116 cm³/mol. The van der Waals surface area contributed by atoms with Crippen LogP contribution in [-0.4, -0.2) is 47.9 Å². The third-order valence-electron chi connectivity index (χ3n) is 3.68. The molecule has 0 bridgehead atoms. The Morgan fingerprint density at radius 1 is 1.27 bits per heavy atom. The van der Waals surface area contributed by atoms with Crippen LogP contribution in [0.4, 0.5) is 0 Å². The van der Waals surface area contributed by atoms with Gasteiger partial charge in [0.25, 0.3) is 0 Å². The second kappa shape index (κ2) is 12.6. The molecule has 2 aromatic rings. The van der Waals surface area contributed by atoms with Crippen molar-refractivity contribution in [3.8, 4) is 11.4 Å². The van der Waals surface area contributed by atoms with Crippen molar-refractivity contribution < 1.29 is 4.74 Å². The molecule has 26 heavy (non-hydrogen) atoms. The molecule has 7 nitrogen and oxygen atoms in total. The van der Waals surface area contributed by atoms with Crippen LogP contribution < -0.4 is 10.6 Å². The zero-order valence-electron chi connectivity index (χ0n) is 15.7. The van der Waals surface area contributed by atoms with E-state index in [4.69, 9.17) is 4.74 Å². The highest BCUT2D eigenvalue weighted by atomic mass is 127. The minimum atomic E-state index is 0. The van der Waals surface area contributed by atoms with Crippen LogP contribution in [0.1, 0.15) is 25.8 Å². The van der Waals surface area contributed by atoms with Crippen LogP contribution in [0.5, 0.6) is 0 Å². The molecular weight excluding hydrogens is 443 g/mol. The van der Waals surface area contributed by atoms with E-state index in [1.165, 1.54) is 6.33 Å². The summed E-state index contributed by atoms with van der Waals surface area (Å²) >= 11 is 0. The number of aromatic nitrogens is 3. The molecule has 0 fully saturated rings. The zero-order valence-corrected chi connectivity index (χ0v) is 18.0. The summed E-state index contributed by atoms with van der Waals surface area (Å²) in [5.41, 5.74) is 2.16. The molecule has 1 aromatic heterocycles. The molecule has 0 aliphatic carbocycles. The SMILES string of the molecule is CN=C(NCCOCCC(C)C)NCc1cccc(-c2ncn[nH]2)c1.I. The molecule has 2 rings (SSSR count). The number of nitrogens with zero attached hydrogens (tertiary/aromatic N) is 3. The van der Waals surface area contributed by atoms with Crippen molar-refractivity contribution in [3.05, 3.63) is 36.2 Å². The monoisotopic (exact) mass is 472 g/mol. The van der Waals surface area contributed by atoms with Gasteiger partial charge in [-0.25, -0.2) is 4.98 Å². The maximum atomic E-state index is 5.60. The number of guanidine groups is 1. The summed E-state index contributed by atoms with van der Waals surface area (Å²) in [6, 6.07) is 8.16. The van der Waals surface area contributed by atoms with Crippen molar-refractivity contribution in [2.75, 3.05) is 26.8 Å². The fourth-order valence-corrected chi connectivity index (χ4v) is 2.24. The second-order valence-electron chi connectivity index (χ2n) is 6.18. The Morgan fingerprint density at radius 3 is 2.81 bits per heavy atom. The van der Waals surface area contributed by atoms with E-state index in [0.29, 0.717) is 19.1 Å². The summed E-state index contributed by atoms with van der Waals surface area (Å²) in [4.78, 5) is 8.41. The van der Waals surface area contributed by atoms with Crippen molar-refractivity contribution in [1.29, 1.82) is 0 Å². The van der Waals surface area contributed by atoms with Gasteiger partial charge < -0.3 is 15.4 Å². The van der Waals surface area contributed by atoms with Crippen LogP contribution in [-0.2, 0) is 11.3 Å². The van der Waals surface area contributed by atoms with Crippen LogP contribution >= 0.6 is 24.0 Å². The van der Waals surface area contributed by atoms with Gasteiger partial charge >= 0.3 is 0 Å². The molecule has 0 amide bonds. The highest BCUT2D eigenvalue weighted by Crippen LogP contribution is 2.15. The van der Waals surface area contributed by atoms with Gasteiger partial charge in [-0.3, -0.25) is 10.1 Å². The first-order chi connectivity index (χ1) is 12.2. The molecule has 8 heteroatoms. The first kappa shape index (κ1) is 22.4. The lowest BCUT2D eigenvalue weighted by atomic mass is 10.1. The molecule has 1 aromatic carbocycles. The van der Waals surface area contributed by atoms with Crippen molar-refractivity contribution in [1.82, 2.24) is 25.8 Å². The zero-order chi connectivity index (χ0) is 17.9. The number of halogens is 1. The smallest absolute Gasteiger partial charge is 0.191 e. The van der Waals surface area contributed by atoms with E-state index >= 15 is 0 Å². The molecule has 0 atom stereocenters. The fraction of sp³-hybridized carbons (Fsp3) is 0.500. The van der Waals surface area contributed by atoms with E-state index in [2.05, 4.69) is 56.8 Å². The highest BCUT2D eigenvalue weighted by molar-refractivity contribution is 14.0. The lowest BCUT2D eigenvalue weighted by Gasteiger charge is -2.13. The van der Waals surface area contributed by atoms with E-state index in [1.54, 1.807) is 7.05 Å². The van der Waals surface area contributed by atoms with Crippen molar-refractivity contribution >= 4 is 29.9 Å². The van der Waals surface area contributed by atoms with Gasteiger partial charge in [-0.1, -0.05) is 32.0 Å². The second-order valence-corrected chi connectivity index (χ2v) is 6.18. The number of hydrogen-bond acceptors (Lipinski definition) is 4. The predicted octanol–water partition coefficient (Wildman–Crippen LogP) is 2.82. The molecule has 1 heterocycles. The van der Waals surface area contributed by atoms with Crippen LogP contribution in [0, 0.1) is 5.92 Å². The molecule has 0 saturated heterocycles. The summed E-state index contributed by atoms with van der Waals surface area (Å²) in [5, 5.41) is 13.3. The van der Waals surface area contributed by atoms with Crippen LogP contribution in [0.3, 0.4) is 0 Å². The average molecular weight is 472 g/mol. The fourth-order valence-electron chi connectivity index (χ4n) is 2.24. The van der Waals surface area contributed by atoms with Crippen molar-refractivity contribution in [3.63, 3.8) is 0 Å². The Kier molecular flexibility index (Phi) is 10.9. The normalized spacial score (nSPS) is 11.3. The number of hydrogen-bond donors (Lipinski definition) is 3. The maximum Gasteiger partial charge on any atom is 0.191 e. The summed E-state index contributed by atoms with van der Waals surface area (Å²) in [6.07, 6.45) is 2.60. The van der Waals surface area contributed by atoms with Gasteiger partial charge in [0.05, 0.1) is 6.61 Å². The van der Waals surface area contributed by atoms with Gasteiger partial charge in [-0.2, -0.15) is 5.10 Å². The van der Waals surface area contributed by atoms with Gasteiger partial charge in [0, 0.05) is 32.3 Å². The Labute approximate surface area is 172 Å². The summed E-state index contributed by atoms with van der Waals surface area (Å²) in [7, 11) is 1.76. The average Bonchev–Trinajstić information content (AvgIpc) is 3.15. The minimum Gasteiger partial charge on any atom is -0.380 e. The highest BCUT2D eigenvalue weighted by Gasteiger charge is 2.03. The number of benzene rings is 1. The number of rotatable bonds is 9. The van der Waals surface area contributed by atoms with Gasteiger partial charge in [0.2, 0.25) is 0 Å². The largest absolute Gasteiger partial charge is 0.380 e. The molecule has 0 aliphatic heterocycles. The van der Waals surface area contributed by atoms with E-state index in [9.17, 15) is 0 Å². The molecule has 0 aliphatic rings. The Morgan fingerprint density at radius 2 is 2.12 bits per heavy atom. The van der Waals surface area contributed by atoms with Gasteiger partial charge in [0.1, 0.15) is 6.33 Å². The summed E-state index contributed by atoms with van der Waals surface area (Å²) in [5.74, 6) is 2.20. The summed E-state index contributed by atoms with van der Waals surface area (Å²) in [6.45, 7) is 7.29. The lowest BCUT2D eigenvalue weighted by molar-refractivity contribution is 0.128. The van der Waals surface area contributed by atoms with Gasteiger partial charge in [-0.05, 0) is 24.0 Å². The molecule has 0 radical (unpaired) electrons. The van der Waals surface area contributed by atoms with E-state index < -0.39 is 0 Å². The Hall–Kier alpha value is -1.68. The standard InChI is InChI=1S/C18H28N6O.HI/c1-14(2)7-9-25-10-8-20-18(19-3)21-12-15-5-4-6-16(11-15)17-22-13-23-24-17;/h4-6,11,13-14H,7-10,12H2,1-3H3,(H2,19,20,21)(H,22,23,24);1H. The van der Waals surface area contributed by atoms with E-state index in [0.717, 1.165) is 42.5 Å². The van der Waals surface area contributed by atoms with Gasteiger partial charge in [0.15, 0.2) is 11.8 Å².